The van der Waals surface area contributed by atoms with Crippen molar-refractivity contribution >= 4 is 36.5 Å². The Labute approximate surface area is 155 Å². The molecule has 134 valence electrons. The molecule has 0 unspecified atom stereocenters. The van der Waals surface area contributed by atoms with Crippen LogP contribution in [0.2, 0.25) is 0 Å². The molecule has 0 aromatic carbocycles. The zero-order valence-corrected chi connectivity index (χ0v) is 15.5. The minimum Gasteiger partial charge on any atom is -0.320 e. The number of nitrogens with zero attached hydrogens (tertiary/aromatic N) is 3. The number of nitrogens with one attached hydrogen (secondary N) is 1. The number of aryl methyl sites for hydroxylation is 2. The molecular weight excluding hydrogens is 349 g/mol. The van der Waals surface area contributed by atoms with Gasteiger partial charge in [-0.1, -0.05) is 13.8 Å². The van der Waals surface area contributed by atoms with Crippen LogP contribution in [0.25, 0.3) is 0 Å². The zero-order chi connectivity index (χ0) is 15.9. The van der Waals surface area contributed by atoms with E-state index in [2.05, 4.69) is 15.4 Å². The van der Waals surface area contributed by atoms with Crippen LogP contribution in [-0.2, 0) is 17.8 Å². The van der Waals surface area contributed by atoms with E-state index in [0.717, 1.165) is 13.0 Å². The second-order valence-corrected chi connectivity index (χ2v) is 5.79. The highest BCUT2D eigenvalue weighted by molar-refractivity contribution is 5.93. The number of hydrogen-bond donors (Lipinski definition) is 2. The van der Waals surface area contributed by atoms with Gasteiger partial charge in [0.1, 0.15) is 0 Å². The van der Waals surface area contributed by atoms with Crippen LogP contribution < -0.4 is 11.1 Å². The number of amides is 1. The largest absolute Gasteiger partial charge is 0.320 e. The van der Waals surface area contributed by atoms with Gasteiger partial charge in [0.2, 0.25) is 5.91 Å². The second kappa shape index (κ2) is 11.0. The van der Waals surface area contributed by atoms with E-state index in [4.69, 9.17) is 5.73 Å². The van der Waals surface area contributed by atoms with E-state index < -0.39 is 6.04 Å². The predicted molar refractivity (Wildman–Crippen MR) is 101 cm³/mol. The Hall–Kier alpha value is -1.63. The molecule has 2 aromatic heterocycles. The Bertz CT molecular complexity index is 604. The first-order valence-electron chi connectivity index (χ1n) is 7.53. The van der Waals surface area contributed by atoms with Crippen molar-refractivity contribution in [1.82, 2.24) is 14.8 Å². The molecule has 2 aromatic rings. The van der Waals surface area contributed by atoms with Gasteiger partial charge in [0.25, 0.3) is 0 Å². The van der Waals surface area contributed by atoms with Crippen molar-refractivity contribution in [3.8, 4) is 0 Å². The molecule has 0 fully saturated rings. The average Bonchev–Trinajstić information content (AvgIpc) is 2.93. The topological polar surface area (TPSA) is 85.8 Å². The zero-order valence-electron chi connectivity index (χ0n) is 13.9. The number of nitrogens with two attached hydrogens (primary N) is 1. The normalized spacial score (nSPS) is 11.3. The minimum atomic E-state index is -0.498. The maximum Gasteiger partial charge on any atom is 0.242 e. The lowest BCUT2D eigenvalue weighted by Crippen LogP contribution is -2.36. The molecule has 1 amide bonds. The highest BCUT2D eigenvalue weighted by Gasteiger charge is 2.15. The molecule has 0 saturated heterocycles. The molecule has 8 heteroatoms. The van der Waals surface area contributed by atoms with Crippen LogP contribution in [0.3, 0.4) is 0 Å². The summed E-state index contributed by atoms with van der Waals surface area (Å²) < 4.78 is 1.81. The van der Waals surface area contributed by atoms with Crippen LogP contribution in [0, 0.1) is 5.92 Å². The molecule has 0 aliphatic heterocycles. The van der Waals surface area contributed by atoms with Crippen LogP contribution in [0.5, 0.6) is 0 Å². The first-order chi connectivity index (χ1) is 10.5. The van der Waals surface area contributed by atoms with Gasteiger partial charge in [-0.05, 0) is 36.5 Å². The van der Waals surface area contributed by atoms with E-state index in [-0.39, 0.29) is 30.7 Å². The van der Waals surface area contributed by atoms with E-state index in [1.807, 2.05) is 36.9 Å². The molecule has 0 radical (unpaired) electrons. The maximum absolute atomic E-state index is 11.9. The Balaban J connectivity index is 0.00000264. The molecule has 0 aliphatic rings. The van der Waals surface area contributed by atoms with Crippen LogP contribution in [0.15, 0.2) is 36.8 Å². The lowest BCUT2D eigenvalue weighted by molar-refractivity contribution is -0.117. The van der Waals surface area contributed by atoms with Gasteiger partial charge in [0, 0.05) is 31.2 Å². The molecule has 0 bridgehead atoms. The maximum atomic E-state index is 11.9. The van der Waals surface area contributed by atoms with E-state index >= 15 is 0 Å². The average molecular weight is 374 g/mol. The van der Waals surface area contributed by atoms with Gasteiger partial charge in [-0.3, -0.25) is 14.5 Å². The second-order valence-electron chi connectivity index (χ2n) is 5.79. The number of hydrogen-bond acceptors (Lipinski definition) is 4. The third kappa shape index (κ3) is 7.29. The Morgan fingerprint density at radius 3 is 2.54 bits per heavy atom. The highest BCUT2D eigenvalue weighted by Crippen LogP contribution is 2.08. The molecule has 0 spiro atoms. The van der Waals surface area contributed by atoms with E-state index in [9.17, 15) is 4.79 Å². The van der Waals surface area contributed by atoms with Crippen molar-refractivity contribution in [2.75, 3.05) is 5.32 Å². The summed E-state index contributed by atoms with van der Waals surface area (Å²) in [5, 5.41) is 7.10. The van der Waals surface area contributed by atoms with Crippen molar-refractivity contribution < 1.29 is 4.79 Å². The SMILES string of the molecule is CC(C)C[C@H](N)C(=O)Nc1ccn(CCc2ccncc2)n1.Cl.Cl. The Morgan fingerprint density at radius 2 is 1.92 bits per heavy atom. The quantitative estimate of drug-likeness (QED) is 0.780. The summed E-state index contributed by atoms with van der Waals surface area (Å²) in [5.74, 6) is 0.741. The minimum absolute atomic E-state index is 0. The number of aromatic nitrogens is 3. The van der Waals surface area contributed by atoms with Gasteiger partial charge in [0.05, 0.1) is 6.04 Å². The fourth-order valence-electron chi connectivity index (χ4n) is 2.18. The van der Waals surface area contributed by atoms with Gasteiger partial charge in [-0.15, -0.1) is 24.8 Å². The van der Waals surface area contributed by atoms with Gasteiger partial charge < -0.3 is 11.1 Å². The number of pyridine rings is 1. The summed E-state index contributed by atoms with van der Waals surface area (Å²) >= 11 is 0. The Morgan fingerprint density at radius 1 is 1.25 bits per heavy atom. The van der Waals surface area contributed by atoms with Gasteiger partial charge in [-0.25, -0.2) is 0 Å². The number of anilines is 1. The molecular formula is C16H25Cl2N5O. The first kappa shape index (κ1) is 22.4. The van der Waals surface area contributed by atoms with Crippen molar-refractivity contribution in [3.05, 3.63) is 42.4 Å². The van der Waals surface area contributed by atoms with E-state index in [1.54, 1.807) is 18.5 Å². The molecule has 3 N–H and O–H groups in total. The summed E-state index contributed by atoms with van der Waals surface area (Å²) in [7, 11) is 0. The molecule has 2 rings (SSSR count). The number of carbonyl (C=O) groups excluding carboxylic acids is 1. The lowest BCUT2D eigenvalue weighted by Gasteiger charge is -2.12. The van der Waals surface area contributed by atoms with Crippen LogP contribution in [0.1, 0.15) is 25.8 Å². The Kier molecular flexibility index (Phi) is 10.3. The third-order valence-electron chi connectivity index (χ3n) is 3.33. The smallest absolute Gasteiger partial charge is 0.242 e. The van der Waals surface area contributed by atoms with Crippen LogP contribution in [0.4, 0.5) is 5.82 Å². The van der Waals surface area contributed by atoms with Crippen molar-refractivity contribution in [2.45, 2.75) is 39.3 Å². The van der Waals surface area contributed by atoms with Crippen molar-refractivity contribution in [1.29, 1.82) is 0 Å². The predicted octanol–water partition coefficient (Wildman–Crippen LogP) is 2.68. The summed E-state index contributed by atoms with van der Waals surface area (Å²) in [6.45, 7) is 4.83. The molecule has 2 heterocycles. The summed E-state index contributed by atoms with van der Waals surface area (Å²) in [6, 6.07) is 5.25. The lowest BCUT2D eigenvalue weighted by atomic mass is 10.0. The van der Waals surface area contributed by atoms with Crippen molar-refractivity contribution in [3.63, 3.8) is 0 Å². The molecule has 24 heavy (non-hydrogen) atoms. The molecule has 0 aliphatic carbocycles. The summed E-state index contributed by atoms with van der Waals surface area (Å²) in [5.41, 5.74) is 7.06. The molecule has 1 atom stereocenters. The number of carbonyl (C=O) groups is 1. The van der Waals surface area contributed by atoms with Gasteiger partial charge in [0.15, 0.2) is 5.82 Å². The number of rotatable bonds is 7. The van der Waals surface area contributed by atoms with Crippen molar-refractivity contribution in [2.24, 2.45) is 11.7 Å². The van der Waals surface area contributed by atoms with Crippen LogP contribution in [-0.4, -0.2) is 26.7 Å². The standard InChI is InChI=1S/C16H23N5O.2ClH/c1-12(2)11-14(17)16(22)19-15-6-10-21(20-15)9-5-13-3-7-18-8-4-13;;/h3-4,6-8,10,12,14H,5,9,11,17H2,1-2H3,(H,19,20,22);2*1H/t14-;;/m0../s1. The molecule has 0 saturated carbocycles. The first-order valence-corrected chi connectivity index (χ1v) is 7.53. The number of halogens is 2. The highest BCUT2D eigenvalue weighted by atomic mass is 35.5. The fraction of sp³-hybridized carbons (Fsp3) is 0.438. The van der Waals surface area contributed by atoms with Crippen LogP contribution >= 0.6 is 24.8 Å². The van der Waals surface area contributed by atoms with E-state index in [0.29, 0.717) is 18.2 Å². The third-order valence-corrected chi connectivity index (χ3v) is 3.33. The monoisotopic (exact) mass is 373 g/mol. The van der Waals surface area contributed by atoms with E-state index in [1.165, 1.54) is 5.56 Å². The molecule has 6 nitrogen and oxygen atoms in total. The summed E-state index contributed by atoms with van der Waals surface area (Å²) in [4.78, 5) is 15.9. The fourth-order valence-corrected chi connectivity index (χ4v) is 2.18. The summed E-state index contributed by atoms with van der Waals surface area (Å²) in [6.07, 6.45) is 6.93. The van der Waals surface area contributed by atoms with Gasteiger partial charge in [-0.2, -0.15) is 5.10 Å². The van der Waals surface area contributed by atoms with Gasteiger partial charge >= 0.3 is 0 Å².